The van der Waals surface area contributed by atoms with E-state index in [1.54, 1.807) is 6.07 Å². The lowest BCUT2D eigenvalue weighted by Gasteiger charge is -2.11. The van der Waals surface area contributed by atoms with Gasteiger partial charge in [-0.15, -0.1) is 0 Å². The Labute approximate surface area is 133 Å². The van der Waals surface area contributed by atoms with E-state index in [1.165, 1.54) is 32.3 Å². The minimum Gasteiger partial charge on any atom is -0.508 e. The van der Waals surface area contributed by atoms with Crippen molar-refractivity contribution in [3.05, 3.63) is 78.9 Å². The van der Waals surface area contributed by atoms with Gasteiger partial charge in [0.2, 0.25) is 0 Å². The van der Waals surface area contributed by atoms with Crippen molar-refractivity contribution in [3.8, 4) is 5.75 Å². The molecule has 5 rings (SSSR count). The van der Waals surface area contributed by atoms with Crippen molar-refractivity contribution in [1.82, 2.24) is 0 Å². The highest BCUT2D eigenvalue weighted by Gasteiger charge is 2.09. The van der Waals surface area contributed by atoms with Gasteiger partial charge in [-0.2, -0.15) is 0 Å². The first-order chi connectivity index (χ1) is 11.3. The normalized spacial score (nSPS) is 11.7. The molecule has 0 saturated carbocycles. The van der Waals surface area contributed by atoms with Crippen LogP contribution < -0.4 is 0 Å². The van der Waals surface area contributed by atoms with Crippen molar-refractivity contribution in [2.24, 2.45) is 0 Å². The van der Waals surface area contributed by atoms with Crippen LogP contribution in [0.25, 0.3) is 43.1 Å². The first-order valence-corrected chi connectivity index (χ1v) is 7.77. The molecule has 5 aromatic rings. The average molecular weight is 294 g/mol. The first kappa shape index (κ1) is 12.5. The van der Waals surface area contributed by atoms with Gasteiger partial charge >= 0.3 is 0 Å². The number of phenols is 1. The molecule has 0 aliphatic rings. The summed E-state index contributed by atoms with van der Waals surface area (Å²) in [5, 5.41) is 19.6. The highest BCUT2D eigenvalue weighted by atomic mass is 16.3. The molecule has 0 amide bonds. The summed E-state index contributed by atoms with van der Waals surface area (Å²) in [7, 11) is 0. The van der Waals surface area contributed by atoms with Crippen molar-refractivity contribution in [2.45, 2.75) is 0 Å². The second-order valence-electron chi connectivity index (χ2n) is 6.02. The Morgan fingerprint density at radius 3 is 1.48 bits per heavy atom. The third kappa shape index (κ3) is 1.74. The molecule has 0 bridgehead atoms. The summed E-state index contributed by atoms with van der Waals surface area (Å²) < 4.78 is 0. The van der Waals surface area contributed by atoms with Crippen LogP contribution in [0.2, 0.25) is 0 Å². The fraction of sp³-hybridized carbons (Fsp3) is 0. The van der Waals surface area contributed by atoms with E-state index in [4.69, 9.17) is 0 Å². The number of phenolic OH excluding ortho intramolecular Hbond substituents is 1. The van der Waals surface area contributed by atoms with E-state index in [1.807, 2.05) is 12.1 Å². The molecule has 0 unspecified atom stereocenters. The zero-order chi connectivity index (χ0) is 15.4. The van der Waals surface area contributed by atoms with Gasteiger partial charge in [-0.3, -0.25) is 0 Å². The monoisotopic (exact) mass is 294 g/mol. The van der Waals surface area contributed by atoms with Gasteiger partial charge in [0.05, 0.1) is 0 Å². The molecule has 0 fully saturated rings. The van der Waals surface area contributed by atoms with Crippen molar-refractivity contribution in [1.29, 1.82) is 0 Å². The Balaban J connectivity index is 2.14. The molecular weight excluding hydrogens is 280 g/mol. The van der Waals surface area contributed by atoms with Gasteiger partial charge < -0.3 is 5.11 Å². The maximum Gasteiger partial charge on any atom is 0.116 e. The number of benzene rings is 5. The lowest BCUT2D eigenvalue weighted by Crippen LogP contribution is -1.84. The fourth-order valence-electron chi connectivity index (χ4n) is 3.64. The van der Waals surface area contributed by atoms with Gasteiger partial charge in [0.25, 0.3) is 0 Å². The van der Waals surface area contributed by atoms with E-state index < -0.39 is 0 Å². The Bertz CT molecular complexity index is 1220. The van der Waals surface area contributed by atoms with Crippen LogP contribution in [0.4, 0.5) is 0 Å². The van der Waals surface area contributed by atoms with E-state index in [9.17, 15) is 5.11 Å². The largest absolute Gasteiger partial charge is 0.508 e. The molecule has 1 heteroatoms. The Morgan fingerprint density at radius 1 is 0.435 bits per heavy atom. The number of hydrogen-bond acceptors (Lipinski definition) is 1. The molecule has 108 valence electrons. The topological polar surface area (TPSA) is 20.2 Å². The van der Waals surface area contributed by atoms with E-state index in [-0.39, 0.29) is 0 Å². The summed E-state index contributed by atoms with van der Waals surface area (Å²) in [6.07, 6.45) is 0. The summed E-state index contributed by atoms with van der Waals surface area (Å²) in [6, 6.07) is 27.1. The highest BCUT2D eigenvalue weighted by molar-refractivity contribution is 6.27. The second-order valence-corrected chi connectivity index (χ2v) is 6.02. The van der Waals surface area contributed by atoms with Crippen molar-refractivity contribution >= 4 is 43.1 Å². The summed E-state index contributed by atoms with van der Waals surface area (Å²) in [5.74, 6) is 0.307. The molecule has 0 spiro atoms. The lowest BCUT2D eigenvalue weighted by molar-refractivity contribution is 0.476. The molecule has 0 saturated heterocycles. The predicted octanol–water partition coefficient (Wildman–Crippen LogP) is 6.01. The van der Waals surface area contributed by atoms with Crippen LogP contribution in [0.3, 0.4) is 0 Å². The van der Waals surface area contributed by atoms with E-state index in [0.717, 1.165) is 10.8 Å². The number of aromatic hydroxyl groups is 1. The van der Waals surface area contributed by atoms with Crippen LogP contribution in [0, 0.1) is 0 Å². The van der Waals surface area contributed by atoms with Crippen LogP contribution in [-0.2, 0) is 0 Å². The van der Waals surface area contributed by atoms with E-state index >= 15 is 0 Å². The second kappa shape index (κ2) is 4.47. The van der Waals surface area contributed by atoms with Gasteiger partial charge in [-0.05, 0) is 67.4 Å². The standard InChI is InChI=1S/C22H14O/c23-16-10-9-14-12-21-19-7-3-1-5-17(19)18-6-2-4-8-20(18)22(21)13-15(14)11-16/h1-13,23H. The molecular formula is C22H14O. The summed E-state index contributed by atoms with van der Waals surface area (Å²) in [6.45, 7) is 0. The molecule has 0 atom stereocenters. The summed E-state index contributed by atoms with van der Waals surface area (Å²) in [4.78, 5) is 0. The maximum atomic E-state index is 9.79. The van der Waals surface area contributed by atoms with Gasteiger partial charge in [0.1, 0.15) is 5.75 Å². The Kier molecular flexibility index (Phi) is 2.42. The van der Waals surface area contributed by atoms with Crippen molar-refractivity contribution < 1.29 is 5.11 Å². The number of fused-ring (bicyclic) bond motifs is 7. The van der Waals surface area contributed by atoms with Crippen LogP contribution in [0.5, 0.6) is 5.75 Å². The average Bonchev–Trinajstić information content (AvgIpc) is 2.60. The smallest absolute Gasteiger partial charge is 0.116 e. The minimum absolute atomic E-state index is 0.307. The van der Waals surface area contributed by atoms with Crippen molar-refractivity contribution in [2.75, 3.05) is 0 Å². The molecule has 23 heavy (non-hydrogen) atoms. The Morgan fingerprint density at radius 2 is 0.913 bits per heavy atom. The van der Waals surface area contributed by atoms with Crippen LogP contribution >= 0.6 is 0 Å². The SMILES string of the molecule is Oc1ccc2cc3c4ccccc4c4ccccc4c3cc2c1. The van der Waals surface area contributed by atoms with Crippen molar-refractivity contribution in [3.63, 3.8) is 0 Å². The fourth-order valence-corrected chi connectivity index (χ4v) is 3.64. The zero-order valence-electron chi connectivity index (χ0n) is 12.5. The zero-order valence-corrected chi connectivity index (χ0v) is 12.5. The van der Waals surface area contributed by atoms with Crippen LogP contribution in [0.1, 0.15) is 0 Å². The highest BCUT2D eigenvalue weighted by Crippen LogP contribution is 2.37. The molecule has 0 aliphatic heterocycles. The Hall–Kier alpha value is -3.06. The maximum absolute atomic E-state index is 9.79. The molecule has 0 aliphatic carbocycles. The van der Waals surface area contributed by atoms with Gasteiger partial charge in [0.15, 0.2) is 0 Å². The molecule has 5 aromatic carbocycles. The van der Waals surface area contributed by atoms with Crippen LogP contribution in [-0.4, -0.2) is 5.11 Å². The summed E-state index contributed by atoms with van der Waals surface area (Å²) >= 11 is 0. The molecule has 0 heterocycles. The third-order valence-corrected chi connectivity index (χ3v) is 4.68. The number of hydrogen-bond donors (Lipinski definition) is 1. The minimum atomic E-state index is 0.307. The summed E-state index contributed by atoms with van der Waals surface area (Å²) in [5.41, 5.74) is 0. The van der Waals surface area contributed by atoms with E-state index in [0.29, 0.717) is 5.75 Å². The third-order valence-electron chi connectivity index (χ3n) is 4.68. The van der Waals surface area contributed by atoms with E-state index in [2.05, 4.69) is 60.7 Å². The molecule has 1 nitrogen and oxygen atoms in total. The molecule has 1 N–H and O–H groups in total. The lowest BCUT2D eigenvalue weighted by atomic mass is 9.92. The number of rotatable bonds is 0. The molecule has 0 radical (unpaired) electrons. The van der Waals surface area contributed by atoms with Crippen LogP contribution in [0.15, 0.2) is 78.9 Å². The molecule has 0 aromatic heterocycles. The van der Waals surface area contributed by atoms with Gasteiger partial charge in [-0.25, -0.2) is 0 Å². The first-order valence-electron chi connectivity index (χ1n) is 7.77. The predicted molar refractivity (Wildman–Crippen MR) is 98.1 cm³/mol. The van der Waals surface area contributed by atoms with Gasteiger partial charge in [0, 0.05) is 0 Å². The van der Waals surface area contributed by atoms with Gasteiger partial charge in [-0.1, -0.05) is 54.6 Å². The quantitative estimate of drug-likeness (QED) is 0.274.